The molecular weight excluding hydrogens is 295 g/mol. The third kappa shape index (κ3) is 3.50. The lowest BCUT2D eigenvalue weighted by Crippen LogP contribution is -2.38. The normalized spacial score (nSPS) is 20.5. The van der Waals surface area contributed by atoms with Crippen LogP contribution in [0.15, 0.2) is 35.1 Å². The molecule has 1 aromatic rings. The number of ether oxygens (including phenoxy) is 1. The standard InChI is InChI=1S/C14H16ClFN4O/c15-12-2-1-10(16)9-13(12)21-11-3-7-20(8-4-11)14-17-5-6-18-19-14/h5-6,9,11H,1-4,7-8H2. The molecule has 1 fully saturated rings. The number of allylic oxidation sites excluding steroid dienone is 3. The summed E-state index contributed by atoms with van der Waals surface area (Å²) in [7, 11) is 0. The van der Waals surface area contributed by atoms with Crippen LogP contribution >= 0.6 is 11.6 Å². The molecule has 3 rings (SSSR count). The van der Waals surface area contributed by atoms with Crippen LogP contribution in [0.25, 0.3) is 0 Å². The van der Waals surface area contributed by atoms with Gasteiger partial charge in [-0.05, 0) is 6.42 Å². The van der Waals surface area contributed by atoms with Crippen LogP contribution in [0.1, 0.15) is 25.7 Å². The van der Waals surface area contributed by atoms with Crippen molar-refractivity contribution in [3.63, 3.8) is 0 Å². The summed E-state index contributed by atoms with van der Waals surface area (Å²) >= 11 is 6.10. The van der Waals surface area contributed by atoms with Crippen LogP contribution < -0.4 is 4.90 Å². The predicted molar refractivity (Wildman–Crippen MR) is 77.5 cm³/mol. The van der Waals surface area contributed by atoms with Crippen LogP contribution in [0.5, 0.6) is 0 Å². The fourth-order valence-corrected chi connectivity index (χ4v) is 2.68. The summed E-state index contributed by atoms with van der Waals surface area (Å²) in [6.07, 6.45) is 7.15. The van der Waals surface area contributed by atoms with Crippen LogP contribution in [0, 0.1) is 0 Å². The maximum Gasteiger partial charge on any atom is 0.245 e. The average molecular weight is 311 g/mol. The molecule has 1 aliphatic heterocycles. The number of aromatic nitrogens is 3. The number of anilines is 1. The minimum absolute atomic E-state index is 0.0452. The molecule has 1 saturated heterocycles. The van der Waals surface area contributed by atoms with Gasteiger partial charge >= 0.3 is 0 Å². The Labute approximate surface area is 127 Å². The lowest BCUT2D eigenvalue weighted by Gasteiger charge is -2.32. The Kier molecular flexibility index (Phi) is 4.34. The Morgan fingerprint density at radius 2 is 2.05 bits per heavy atom. The Morgan fingerprint density at radius 3 is 2.76 bits per heavy atom. The Hall–Kier alpha value is -1.69. The quantitative estimate of drug-likeness (QED) is 0.859. The predicted octanol–water partition coefficient (Wildman–Crippen LogP) is 2.95. The molecule has 0 saturated carbocycles. The summed E-state index contributed by atoms with van der Waals surface area (Å²) in [5.41, 5.74) is 0. The molecule has 2 heterocycles. The van der Waals surface area contributed by atoms with E-state index in [4.69, 9.17) is 16.3 Å². The molecule has 0 amide bonds. The number of rotatable bonds is 3. The van der Waals surface area contributed by atoms with E-state index in [0.717, 1.165) is 25.9 Å². The van der Waals surface area contributed by atoms with E-state index in [1.807, 2.05) is 0 Å². The van der Waals surface area contributed by atoms with Gasteiger partial charge in [0, 0.05) is 38.4 Å². The monoisotopic (exact) mass is 310 g/mol. The molecule has 1 aliphatic carbocycles. The van der Waals surface area contributed by atoms with Gasteiger partial charge in [0.2, 0.25) is 5.95 Å². The van der Waals surface area contributed by atoms with Crippen LogP contribution in [0.4, 0.5) is 10.3 Å². The number of piperidine rings is 1. The Morgan fingerprint density at radius 1 is 1.24 bits per heavy atom. The molecule has 0 aromatic carbocycles. The van der Waals surface area contributed by atoms with E-state index in [0.29, 0.717) is 29.6 Å². The fraction of sp³-hybridized carbons (Fsp3) is 0.500. The largest absolute Gasteiger partial charge is 0.489 e. The first-order valence-corrected chi connectivity index (χ1v) is 7.40. The highest BCUT2D eigenvalue weighted by atomic mass is 35.5. The highest BCUT2D eigenvalue weighted by Gasteiger charge is 2.24. The molecule has 5 nitrogen and oxygen atoms in total. The van der Waals surface area contributed by atoms with Gasteiger partial charge in [0.05, 0.1) is 17.4 Å². The van der Waals surface area contributed by atoms with Crippen LogP contribution in [0.3, 0.4) is 0 Å². The van der Waals surface area contributed by atoms with Crippen molar-refractivity contribution in [1.29, 1.82) is 0 Å². The topological polar surface area (TPSA) is 51.1 Å². The summed E-state index contributed by atoms with van der Waals surface area (Å²) in [5, 5.41) is 8.44. The number of hydrogen-bond donors (Lipinski definition) is 0. The van der Waals surface area contributed by atoms with Crippen molar-refractivity contribution >= 4 is 17.5 Å². The van der Waals surface area contributed by atoms with Crippen LogP contribution in [0.2, 0.25) is 0 Å². The summed E-state index contributed by atoms with van der Waals surface area (Å²) in [5.74, 6) is 0.948. The zero-order valence-corrected chi connectivity index (χ0v) is 12.3. The van der Waals surface area contributed by atoms with Gasteiger partial charge < -0.3 is 9.64 Å². The highest BCUT2D eigenvalue weighted by molar-refractivity contribution is 6.30. The van der Waals surface area contributed by atoms with E-state index in [1.54, 1.807) is 12.4 Å². The molecule has 7 heteroatoms. The minimum atomic E-state index is -0.171. The van der Waals surface area contributed by atoms with Crippen LogP contribution in [-0.2, 0) is 4.74 Å². The van der Waals surface area contributed by atoms with Gasteiger partial charge in [0.15, 0.2) is 0 Å². The Bertz CT molecular complexity index is 555. The highest BCUT2D eigenvalue weighted by Crippen LogP contribution is 2.30. The number of nitrogens with zero attached hydrogens (tertiary/aromatic N) is 4. The van der Waals surface area contributed by atoms with E-state index >= 15 is 0 Å². The second-order valence-electron chi connectivity index (χ2n) is 5.11. The van der Waals surface area contributed by atoms with E-state index in [2.05, 4.69) is 20.1 Å². The third-order valence-electron chi connectivity index (χ3n) is 3.63. The maximum absolute atomic E-state index is 13.3. The number of hydrogen-bond acceptors (Lipinski definition) is 5. The van der Waals surface area contributed by atoms with E-state index in [-0.39, 0.29) is 11.9 Å². The molecule has 0 N–H and O–H groups in total. The molecule has 0 radical (unpaired) electrons. The number of halogens is 2. The van der Waals surface area contributed by atoms with Crippen molar-refractivity contribution in [1.82, 2.24) is 15.2 Å². The Balaban J connectivity index is 1.57. The summed E-state index contributed by atoms with van der Waals surface area (Å²) in [6, 6.07) is 0. The molecule has 0 atom stereocenters. The second kappa shape index (κ2) is 6.39. The van der Waals surface area contributed by atoms with Gasteiger partial charge in [-0.15, -0.1) is 5.10 Å². The average Bonchev–Trinajstić information content (AvgIpc) is 2.53. The third-order valence-corrected chi connectivity index (χ3v) is 4.00. The molecule has 112 valence electrons. The zero-order chi connectivity index (χ0) is 14.7. The minimum Gasteiger partial charge on any atom is -0.489 e. The molecule has 0 unspecified atom stereocenters. The van der Waals surface area contributed by atoms with Crippen molar-refractivity contribution in [2.45, 2.75) is 31.8 Å². The molecule has 0 bridgehead atoms. The van der Waals surface area contributed by atoms with Gasteiger partial charge in [-0.2, -0.15) is 5.10 Å². The van der Waals surface area contributed by atoms with Crippen molar-refractivity contribution < 1.29 is 9.13 Å². The van der Waals surface area contributed by atoms with Gasteiger partial charge in [0.1, 0.15) is 17.7 Å². The first-order valence-electron chi connectivity index (χ1n) is 7.02. The van der Waals surface area contributed by atoms with E-state index in [9.17, 15) is 4.39 Å². The van der Waals surface area contributed by atoms with E-state index in [1.165, 1.54) is 6.08 Å². The molecule has 21 heavy (non-hydrogen) atoms. The summed E-state index contributed by atoms with van der Waals surface area (Å²) < 4.78 is 19.1. The molecule has 0 spiro atoms. The molecule has 1 aromatic heterocycles. The maximum atomic E-state index is 13.3. The SMILES string of the molecule is FC1=CC(OC2CCN(c3nccnn3)CC2)=C(Cl)CC1. The van der Waals surface area contributed by atoms with Crippen molar-refractivity contribution in [2.75, 3.05) is 18.0 Å². The summed E-state index contributed by atoms with van der Waals surface area (Å²) in [4.78, 5) is 6.26. The van der Waals surface area contributed by atoms with Crippen molar-refractivity contribution in [2.24, 2.45) is 0 Å². The van der Waals surface area contributed by atoms with Gasteiger partial charge in [-0.3, -0.25) is 0 Å². The first kappa shape index (κ1) is 14.3. The molecular formula is C14H16ClFN4O. The van der Waals surface area contributed by atoms with Gasteiger partial charge in [0.25, 0.3) is 0 Å². The smallest absolute Gasteiger partial charge is 0.245 e. The van der Waals surface area contributed by atoms with Crippen molar-refractivity contribution in [3.05, 3.63) is 35.1 Å². The summed E-state index contributed by atoms with van der Waals surface area (Å²) in [6.45, 7) is 1.57. The van der Waals surface area contributed by atoms with Crippen molar-refractivity contribution in [3.8, 4) is 0 Å². The lowest BCUT2D eigenvalue weighted by atomic mass is 10.1. The van der Waals surface area contributed by atoms with Crippen LogP contribution in [-0.4, -0.2) is 34.4 Å². The van der Waals surface area contributed by atoms with Gasteiger partial charge in [-0.25, -0.2) is 9.37 Å². The zero-order valence-electron chi connectivity index (χ0n) is 11.5. The first-order chi connectivity index (χ1) is 10.2. The lowest BCUT2D eigenvalue weighted by molar-refractivity contribution is 0.0988. The van der Waals surface area contributed by atoms with E-state index < -0.39 is 0 Å². The molecule has 2 aliphatic rings. The second-order valence-corrected chi connectivity index (χ2v) is 5.56. The van der Waals surface area contributed by atoms with Gasteiger partial charge in [-0.1, -0.05) is 11.6 Å². The fourth-order valence-electron chi connectivity index (χ4n) is 2.48.